The molecule has 0 bridgehead atoms. The number of rotatable bonds is 6. The number of ether oxygens (including phenoxy) is 1. The lowest BCUT2D eigenvalue weighted by Gasteiger charge is -2.11. The van der Waals surface area contributed by atoms with Gasteiger partial charge in [-0.1, -0.05) is 11.6 Å². The highest BCUT2D eigenvalue weighted by molar-refractivity contribution is 7.87. The van der Waals surface area contributed by atoms with Gasteiger partial charge in [-0.2, -0.15) is 21.6 Å². The third-order valence-electron chi connectivity index (χ3n) is 3.72. The molecule has 0 aliphatic rings. The maximum atomic E-state index is 12.7. The summed E-state index contributed by atoms with van der Waals surface area (Å²) in [6.07, 6.45) is -4.06. The summed E-state index contributed by atoms with van der Waals surface area (Å²) >= 11 is 5.76. The summed E-state index contributed by atoms with van der Waals surface area (Å²) in [5.41, 5.74) is -1.28. The monoisotopic (exact) mass is 474 g/mol. The van der Waals surface area contributed by atoms with Gasteiger partial charge in [0, 0.05) is 18.3 Å². The fraction of sp³-hybridized carbons (Fsp3) is 0.0556. The van der Waals surface area contributed by atoms with Crippen molar-refractivity contribution < 1.29 is 35.4 Å². The lowest BCUT2D eigenvalue weighted by molar-refractivity contribution is -0.384. The van der Waals surface area contributed by atoms with Gasteiger partial charge in [-0.3, -0.25) is 10.1 Å². The van der Waals surface area contributed by atoms with Gasteiger partial charge in [0.05, 0.1) is 10.5 Å². The Labute approximate surface area is 178 Å². The summed E-state index contributed by atoms with van der Waals surface area (Å²) in [5, 5.41) is 10.3. The molecular weight excluding hydrogens is 465 g/mol. The Hall–Kier alpha value is -3.38. The molecule has 13 heteroatoms. The molecule has 1 heterocycles. The number of hydrogen-bond donors (Lipinski definition) is 0. The molecule has 0 unspecified atom stereocenters. The maximum absolute atomic E-state index is 12.7. The van der Waals surface area contributed by atoms with E-state index in [0.717, 1.165) is 36.4 Å². The molecule has 0 aliphatic heterocycles. The molecule has 0 radical (unpaired) electrons. The number of aromatic nitrogens is 1. The molecule has 0 saturated carbocycles. The van der Waals surface area contributed by atoms with E-state index in [1.165, 1.54) is 12.1 Å². The number of alkyl halides is 3. The van der Waals surface area contributed by atoms with Gasteiger partial charge in [0.25, 0.3) is 5.69 Å². The molecule has 0 aliphatic carbocycles. The Balaban J connectivity index is 1.74. The van der Waals surface area contributed by atoms with Crippen molar-refractivity contribution in [3.63, 3.8) is 0 Å². The lowest BCUT2D eigenvalue weighted by Crippen LogP contribution is -2.09. The molecule has 3 aromatic rings. The molecule has 0 atom stereocenters. The van der Waals surface area contributed by atoms with Crippen LogP contribution in [0.5, 0.6) is 17.4 Å². The van der Waals surface area contributed by atoms with Crippen molar-refractivity contribution in [1.29, 1.82) is 0 Å². The second-order valence-corrected chi connectivity index (χ2v) is 7.82. The predicted octanol–water partition coefficient (Wildman–Crippen LogP) is 5.22. The van der Waals surface area contributed by atoms with Crippen molar-refractivity contribution in [2.45, 2.75) is 11.1 Å². The zero-order valence-corrected chi connectivity index (χ0v) is 16.6. The molecule has 0 N–H and O–H groups in total. The van der Waals surface area contributed by atoms with Crippen LogP contribution in [0.4, 0.5) is 18.9 Å². The third kappa shape index (κ3) is 5.41. The van der Waals surface area contributed by atoms with E-state index in [2.05, 4.69) is 4.98 Å². The van der Waals surface area contributed by atoms with Gasteiger partial charge in [-0.05, 0) is 42.5 Å². The zero-order valence-electron chi connectivity index (χ0n) is 15.0. The summed E-state index contributed by atoms with van der Waals surface area (Å²) in [6, 6.07) is 9.80. The second-order valence-electron chi connectivity index (χ2n) is 5.87. The summed E-state index contributed by atoms with van der Waals surface area (Å²) in [4.78, 5) is 13.3. The van der Waals surface area contributed by atoms with Crippen LogP contribution in [0.3, 0.4) is 0 Å². The number of halogens is 4. The van der Waals surface area contributed by atoms with Crippen LogP contribution < -0.4 is 8.92 Å². The SMILES string of the molecule is O=[N+]([O-])c1ccc(OS(=O)(=O)c2ccc(Oc3ncc(C(F)(F)F)cc3Cl)cc2)cc1. The minimum Gasteiger partial charge on any atom is -0.438 e. The number of non-ortho nitro benzene ring substituents is 1. The number of hydrogen-bond acceptors (Lipinski definition) is 7. The molecule has 0 spiro atoms. The van der Waals surface area contributed by atoms with Crippen LogP contribution in [0.1, 0.15) is 5.56 Å². The van der Waals surface area contributed by atoms with E-state index in [1.54, 1.807) is 0 Å². The normalized spacial score (nSPS) is 11.7. The van der Waals surface area contributed by atoms with Gasteiger partial charge >= 0.3 is 16.3 Å². The van der Waals surface area contributed by atoms with E-state index in [9.17, 15) is 31.7 Å². The highest BCUT2D eigenvalue weighted by Crippen LogP contribution is 2.35. The number of benzene rings is 2. The van der Waals surface area contributed by atoms with Gasteiger partial charge in [-0.25, -0.2) is 4.98 Å². The standard InChI is InChI=1S/C18H10ClF3N2O6S/c19-16-9-11(18(20,21)22)10-23-17(16)29-13-5-7-15(8-6-13)31(27,28)30-14-3-1-12(2-4-14)24(25)26/h1-10H. The maximum Gasteiger partial charge on any atom is 0.417 e. The Morgan fingerprint density at radius 3 is 2.10 bits per heavy atom. The minimum atomic E-state index is -4.62. The van der Waals surface area contributed by atoms with Gasteiger partial charge in [0.15, 0.2) is 0 Å². The van der Waals surface area contributed by atoms with Gasteiger partial charge in [0.1, 0.15) is 21.4 Å². The highest BCUT2D eigenvalue weighted by atomic mass is 35.5. The summed E-state index contributed by atoms with van der Waals surface area (Å²) in [6.45, 7) is 0. The van der Waals surface area contributed by atoms with E-state index < -0.39 is 26.8 Å². The predicted molar refractivity (Wildman–Crippen MR) is 102 cm³/mol. The van der Waals surface area contributed by atoms with Crippen LogP contribution in [0, 0.1) is 10.1 Å². The fourth-order valence-electron chi connectivity index (χ4n) is 2.24. The molecule has 0 amide bonds. The van der Waals surface area contributed by atoms with Crippen LogP contribution >= 0.6 is 11.6 Å². The average Bonchev–Trinajstić information content (AvgIpc) is 2.69. The van der Waals surface area contributed by atoms with Crippen molar-refractivity contribution in [2.75, 3.05) is 0 Å². The third-order valence-corrected chi connectivity index (χ3v) is 5.25. The molecule has 31 heavy (non-hydrogen) atoms. The van der Waals surface area contributed by atoms with Gasteiger partial charge < -0.3 is 8.92 Å². The molecule has 8 nitrogen and oxygen atoms in total. The van der Waals surface area contributed by atoms with Crippen LogP contribution in [0.15, 0.2) is 65.7 Å². The van der Waals surface area contributed by atoms with Crippen LogP contribution in [0.2, 0.25) is 5.02 Å². The summed E-state index contributed by atoms with van der Waals surface area (Å²) in [5.74, 6) is -0.373. The van der Waals surface area contributed by atoms with E-state index >= 15 is 0 Å². The highest BCUT2D eigenvalue weighted by Gasteiger charge is 2.31. The van der Waals surface area contributed by atoms with Crippen LogP contribution in [0.25, 0.3) is 0 Å². The van der Waals surface area contributed by atoms with Crippen molar-refractivity contribution in [2.24, 2.45) is 0 Å². The van der Waals surface area contributed by atoms with Crippen molar-refractivity contribution in [3.8, 4) is 17.4 Å². The van der Waals surface area contributed by atoms with Crippen molar-refractivity contribution in [3.05, 3.63) is 81.5 Å². The molecule has 2 aromatic carbocycles. The zero-order chi connectivity index (χ0) is 22.8. The first kappa shape index (κ1) is 22.3. The molecule has 3 rings (SSSR count). The number of nitrogens with zero attached hydrogens (tertiary/aromatic N) is 2. The first-order valence-electron chi connectivity index (χ1n) is 8.15. The smallest absolute Gasteiger partial charge is 0.417 e. The summed E-state index contributed by atoms with van der Waals surface area (Å²) < 4.78 is 72.8. The molecular formula is C18H10ClF3N2O6S. The quantitative estimate of drug-likeness (QED) is 0.273. The second kappa shape index (κ2) is 8.40. The largest absolute Gasteiger partial charge is 0.438 e. The van der Waals surface area contributed by atoms with E-state index in [0.29, 0.717) is 12.3 Å². The lowest BCUT2D eigenvalue weighted by atomic mass is 10.3. The van der Waals surface area contributed by atoms with Gasteiger partial charge in [0.2, 0.25) is 5.88 Å². The first-order chi connectivity index (χ1) is 14.5. The van der Waals surface area contributed by atoms with Gasteiger partial charge in [-0.15, -0.1) is 0 Å². The Bertz CT molecular complexity index is 1220. The topological polar surface area (TPSA) is 109 Å². The van der Waals surface area contributed by atoms with E-state index in [1.807, 2.05) is 0 Å². The summed E-state index contributed by atoms with van der Waals surface area (Å²) in [7, 11) is -4.26. The van der Waals surface area contributed by atoms with Crippen LogP contribution in [-0.2, 0) is 16.3 Å². The molecule has 0 saturated heterocycles. The van der Waals surface area contributed by atoms with E-state index in [-0.39, 0.29) is 33.0 Å². The van der Waals surface area contributed by atoms with Crippen molar-refractivity contribution >= 4 is 27.4 Å². The van der Waals surface area contributed by atoms with Crippen LogP contribution in [-0.4, -0.2) is 18.3 Å². The first-order valence-corrected chi connectivity index (χ1v) is 9.94. The number of pyridine rings is 1. The average molecular weight is 475 g/mol. The fourth-order valence-corrected chi connectivity index (χ4v) is 3.37. The Kier molecular flexibility index (Phi) is 6.04. The number of nitro groups is 1. The number of nitro benzene ring substituents is 1. The molecule has 162 valence electrons. The molecule has 1 aromatic heterocycles. The molecule has 0 fully saturated rings. The Morgan fingerprint density at radius 1 is 1.00 bits per heavy atom. The van der Waals surface area contributed by atoms with Crippen molar-refractivity contribution in [1.82, 2.24) is 4.98 Å². The minimum absolute atomic E-state index is 0.0587. The van der Waals surface area contributed by atoms with E-state index in [4.69, 9.17) is 20.5 Å². The Morgan fingerprint density at radius 2 is 1.58 bits per heavy atom.